The van der Waals surface area contributed by atoms with Crippen LogP contribution < -0.4 is 4.72 Å². The second-order valence-electron chi connectivity index (χ2n) is 5.94. The number of sulfonamides is 1. The lowest BCUT2D eigenvalue weighted by molar-refractivity contribution is -0.157. The van der Waals surface area contributed by atoms with Gasteiger partial charge in [0.05, 0.1) is 11.0 Å². The molecule has 27 heavy (non-hydrogen) atoms. The number of imide groups is 1. The van der Waals surface area contributed by atoms with Gasteiger partial charge in [0.2, 0.25) is 15.9 Å². The van der Waals surface area contributed by atoms with Gasteiger partial charge in [-0.1, -0.05) is 0 Å². The summed E-state index contributed by atoms with van der Waals surface area (Å²) in [5, 5.41) is 9.72. The second kappa shape index (κ2) is 8.55. The van der Waals surface area contributed by atoms with Gasteiger partial charge in [-0.25, -0.2) is 12.8 Å². The smallest absolute Gasteiger partial charge is 0.327 e. The molecule has 2 amide bonds. The van der Waals surface area contributed by atoms with E-state index >= 15 is 0 Å². The number of benzene rings is 1. The third-order valence-electron chi connectivity index (χ3n) is 3.85. The predicted octanol–water partition coefficient (Wildman–Crippen LogP) is -0.454. The number of likely N-dealkylation sites (tertiary alicyclic amines) is 1. The molecular formula is C16H19FN2O7S. The number of aliphatic hydroxyl groups is 1. The number of ether oxygens (including phenoxy) is 1. The summed E-state index contributed by atoms with van der Waals surface area (Å²) in [4.78, 5) is 36.1. The third-order valence-corrected chi connectivity index (χ3v) is 5.31. The molecule has 0 bridgehead atoms. The summed E-state index contributed by atoms with van der Waals surface area (Å²) in [6.45, 7) is 0.628. The van der Waals surface area contributed by atoms with E-state index in [2.05, 4.69) is 0 Å². The number of halogens is 1. The van der Waals surface area contributed by atoms with Gasteiger partial charge in [0.15, 0.2) is 6.61 Å². The summed E-state index contributed by atoms with van der Waals surface area (Å²) in [6, 6.07) is 2.14. The van der Waals surface area contributed by atoms with E-state index in [4.69, 9.17) is 4.74 Å². The van der Waals surface area contributed by atoms with Crippen molar-refractivity contribution in [3.8, 4) is 0 Å². The molecule has 148 valence electrons. The van der Waals surface area contributed by atoms with Gasteiger partial charge in [0.1, 0.15) is 11.9 Å². The number of nitrogens with one attached hydrogen (secondary N) is 1. The molecule has 0 aromatic heterocycles. The maximum absolute atomic E-state index is 12.9. The fraction of sp³-hybridized carbons (Fsp3) is 0.438. The Balaban J connectivity index is 2.03. The number of aliphatic hydroxyl groups excluding tert-OH is 1. The van der Waals surface area contributed by atoms with E-state index < -0.39 is 46.5 Å². The van der Waals surface area contributed by atoms with Crippen LogP contribution in [0.5, 0.6) is 0 Å². The number of nitrogens with zero attached hydrogens (tertiary/aromatic N) is 1. The summed E-state index contributed by atoms with van der Waals surface area (Å²) in [5.41, 5.74) is 0. The van der Waals surface area contributed by atoms with Crippen LogP contribution in [0.1, 0.15) is 19.8 Å². The predicted molar refractivity (Wildman–Crippen MR) is 89.1 cm³/mol. The highest BCUT2D eigenvalue weighted by molar-refractivity contribution is 7.89. The number of carbonyl (C=O) groups excluding carboxylic acids is 3. The number of esters is 1. The average molecular weight is 402 g/mol. The van der Waals surface area contributed by atoms with Crippen LogP contribution >= 0.6 is 0 Å². The Hall–Kier alpha value is -2.37. The zero-order valence-electron chi connectivity index (χ0n) is 14.4. The molecule has 1 saturated heterocycles. The van der Waals surface area contributed by atoms with Crippen LogP contribution in [0.3, 0.4) is 0 Å². The van der Waals surface area contributed by atoms with E-state index in [0.29, 0.717) is 6.42 Å². The molecule has 0 spiro atoms. The molecule has 2 rings (SSSR count). The van der Waals surface area contributed by atoms with Gasteiger partial charge in [-0.15, -0.1) is 0 Å². The topological polar surface area (TPSA) is 130 Å². The first-order valence-corrected chi connectivity index (χ1v) is 9.56. The summed E-state index contributed by atoms with van der Waals surface area (Å²) in [6.07, 6.45) is -0.726. The SMILES string of the molecule is C[C@H](O)[C@@H](NS(=O)(=O)c1ccc(F)cc1)C(=O)OCC(=O)N1CCCC1=O. The van der Waals surface area contributed by atoms with Crippen molar-refractivity contribution in [2.45, 2.75) is 36.8 Å². The maximum Gasteiger partial charge on any atom is 0.327 e. The zero-order valence-corrected chi connectivity index (χ0v) is 15.2. The van der Waals surface area contributed by atoms with Crippen molar-refractivity contribution in [1.82, 2.24) is 9.62 Å². The van der Waals surface area contributed by atoms with E-state index in [1.54, 1.807) is 0 Å². The maximum atomic E-state index is 12.9. The van der Waals surface area contributed by atoms with Crippen molar-refractivity contribution in [1.29, 1.82) is 0 Å². The highest BCUT2D eigenvalue weighted by Gasteiger charge is 2.33. The van der Waals surface area contributed by atoms with Crippen LogP contribution in [0.25, 0.3) is 0 Å². The Morgan fingerprint density at radius 3 is 2.48 bits per heavy atom. The summed E-state index contributed by atoms with van der Waals surface area (Å²) >= 11 is 0. The standard InChI is InChI=1S/C16H19FN2O7S/c1-10(20)15(18-27(24,25)12-6-4-11(17)5-7-12)16(23)26-9-14(22)19-8-2-3-13(19)21/h4-7,10,15,18,20H,2-3,8-9H2,1H3/t10-,15+/m0/s1. The largest absolute Gasteiger partial charge is 0.454 e. The van der Waals surface area contributed by atoms with Gasteiger partial charge in [0, 0.05) is 13.0 Å². The van der Waals surface area contributed by atoms with Crippen LogP contribution in [0, 0.1) is 5.82 Å². The number of rotatable bonds is 7. The number of carbonyl (C=O) groups is 3. The molecule has 0 aliphatic carbocycles. The first-order valence-electron chi connectivity index (χ1n) is 8.07. The molecular weight excluding hydrogens is 383 g/mol. The van der Waals surface area contributed by atoms with E-state index in [-0.39, 0.29) is 23.8 Å². The molecule has 0 unspecified atom stereocenters. The molecule has 0 saturated carbocycles. The van der Waals surface area contributed by atoms with E-state index in [9.17, 15) is 32.3 Å². The Bertz CT molecular complexity index is 824. The van der Waals surface area contributed by atoms with Gasteiger partial charge in [-0.2, -0.15) is 4.72 Å². The molecule has 11 heteroatoms. The fourth-order valence-corrected chi connectivity index (χ4v) is 3.66. The Morgan fingerprint density at radius 1 is 1.33 bits per heavy atom. The summed E-state index contributed by atoms with van der Waals surface area (Å²) in [5.74, 6) is -2.93. The van der Waals surface area contributed by atoms with Crippen LogP contribution in [-0.4, -0.2) is 61.5 Å². The molecule has 1 aliphatic rings. The minimum atomic E-state index is -4.26. The first kappa shape index (κ1) is 20.9. The lowest BCUT2D eigenvalue weighted by Gasteiger charge is -2.20. The molecule has 2 atom stereocenters. The van der Waals surface area contributed by atoms with Crippen molar-refractivity contribution in [3.63, 3.8) is 0 Å². The molecule has 9 nitrogen and oxygen atoms in total. The molecule has 1 aromatic rings. The summed E-state index contributed by atoms with van der Waals surface area (Å²) in [7, 11) is -4.26. The monoisotopic (exact) mass is 402 g/mol. The molecule has 2 N–H and O–H groups in total. The third kappa shape index (κ3) is 5.31. The van der Waals surface area contributed by atoms with Gasteiger partial charge in [-0.05, 0) is 37.6 Å². The van der Waals surface area contributed by atoms with Gasteiger partial charge in [-0.3, -0.25) is 19.3 Å². The van der Waals surface area contributed by atoms with Crippen molar-refractivity contribution >= 4 is 27.8 Å². The first-order chi connectivity index (χ1) is 12.6. The highest BCUT2D eigenvalue weighted by Crippen LogP contribution is 2.13. The zero-order chi connectivity index (χ0) is 20.2. The van der Waals surface area contributed by atoms with Crippen LogP contribution in [-0.2, 0) is 29.1 Å². The minimum absolute atomic E-state index is 0.228. The van der Waals surface area contributed by atoms with E-state index in [0.717, 1.165) is 36.1 Å². The number of hydrogen-bond donors (Lipinski definition) is 2. The van der Waals surface area contributed by atoms with Gasteiger partial charge >= 0.3 is 5.97 Å². The number of amides is 2. The lowest BCUT2D eigenvalue weighted by atomic mass is 10.2. The number of hydrogen-bond acceptors (Lipinski definition) is 7. The average Bonchev–Trinajstić information content (AvgIpc) is 3.03. The fourth-order valence-electron chi connectivity index (χ4n) is 2.40. The van der Waals surface area contributed by atoms with Crippen molar-refractivity contribution in [2.75, 3.05) is 13.2 Å². The second-order valence-corrected chi connectivity index (χ2v) is 7.66. The van der Waals surface area contributed by atoms with Crippen LogP contribution in [0.15, 0.2) is 29.2 Å². The van der Waals surface area contributed by atoms with E-state index in [1.165, 1.54) is 0 Å². The Kier molecular flexibility index (Phi) is 6.63. The van der Waals surface area contributed by atoms with Crippen LogP contribution in [0.2, 0.25) is 0 Å². The Labute approximate surface area is 155 Å². The van der Waals surface area contributed by atoms with Crippen molar-refractivity contribution in [2.24, 2.45) is 0 Å². The van der Waals surface area contributed by atoms with Crippen molar-refractivity contribution in [3.05, 3.63) is 30.1 Å². The van der Waals surface area contributed by atoms with E-state index in [1.807, 2.05) is 4.72 Å². The molecule has 1 aromatic carbocycles. The molecule has 0 radical (unpaired) electrons. The van der Waals surface area contributed by atoms with Gasteiger partial charge < -0.3 is 9.84 Å². The molecule has 1 heterocycles. The quantitative estimate of drug-likeness (QED) is 0.591. The highest BCUT2D eigenvalue weighted by atomic mass is 32.2. The Morgan fingerprint density at radius 2 is 1.96 bits per heavy atom. The normalized spacial score (nSPS) is 16.9. The van der Waals surface area contributed by atoms with Crippen LogP contribution in [0.4, 0.5) is 4.39 Å². The summed E-state index contributed by atoms with van der Waals surface area (Å²) < 4.78 is 44.2. The minimum Gasteiger partial charge on any atom is -0.454 e. The van der Waals surface area contributed by atoms with Gasteiger partial charge in [0.25, 0.3) is 5.91 Å². The molecule has 1 fully saturated rings. The van der Waals surface area contributed by atoms with Crippen molar-refractivity contribution < 1.29 is 37.0 Å². The molecule has 1 aliphatic heterocycles. The lowest BCUT2D eigenvalue weighted by Crippen LogP contribution is -2.49.